The molecule has 0 unspecified atom stereocenters. The number of hydrogen-bond donors (Lipinski definition) is 0. The molecule has 22 heavy (non-hydrogen) atoms. The van der Waals surface area contributed by atoms with E-state index in [9.17, 15) is 13.2 Å². The third kappa shape index (κ3) is 3.02. The summed E-state index contributed by atoms with van der Waals surface area (Å²) in [7, 11) is 0. The van der Waals surface area contributed by atoms with Gasteiger partial charge < -0.3 is 0 Å². The molecule has 0 aliphatic carbocycles. The van der Waals surface area contributed by atoms with E-state index in [1.807, 2.05) is 25.1 Å². The second-order valence-electron chi connectivity index (χ2n) is 4.66. The van der Waals surface area contributed by atoms with Crippen LogP contribution in [0.3, 0.4) is 0 Å². The predicted molar refractivity (Wildman–Crippen MR) is 80.9 cm³/mol. The van der Waals surface area contributed by atoms with Crippen LogP contribution in [-0.4, -0.2) is 15.0 Å². The van der Waals surface area contributed by atoms with Gasteiger partial charge in [-0.05, 0) is 32.0 Å². The molecule has 3 aromatic rings. The first-order valence-corrected chi connectivity index (χ1v) is 7.98. The van der Waals surface area contributed by atoms with Crippen LogP contribution in [0.25, 0.3) is 21.4 Å². The Morgan fingerprint density at radius 1 is 1.05 bits per heavy atom. The normalized spacial score (nSPS) is 11.9. The molecule has 0 saturated heterocycles. The van der Waals surface area contributed by atoms with Gasteiger partial charge in [0.05, 0.1) is 10.6 Å². The van der Waals surface area contributed by atoms with Gasteiger partial charge in [-0.25, -0.2) is 15.0 Å². The molecule has 0 saturated carbocycles. The summed E-state index contributed by atoms with van der Waals surface area (Å²) >= 11 is 2.47. The highest BCUT2D eigenvalue weighted by Crippen LogP contribution is 2.33. The van der Waals surface area contributed by atoms with E-state index >= 15 is 0 Å². The lowest BCUT2D eigenvalue weighted by Gasteiger charge is -2.03. The molecular formula is C14H10F3N3S2. The monoisotopic (exact) mass is 341 g/mol. The SMILES string of the molecule is Cc1cc(-c2ccc(C)s2)nc(-c2nc(C(F)(F)F)cs2)n1. The zero-order valence-corrected chi connectivity index (χ0v) is 13.2. The van der Waals surface area contributed by atoms with Gasteiger partial charge in [0, 0.05) is 16.0 Å². The first kappa shape index (κ1) is 15.1. The van der Waals surface area contributed by atoms with Crippen LogP contribution in [0.1, 0.15) is 16.3 Å². The Morgan fingerprint density at radius 2 is 1.82 bits per heavy atom. The van der Waals surface area contributed by atoms with Crippen molar-refractivity contribution in [3.8, 4) is 21.4 Å². The maximum absolute atomic E-state index is 12.6. The number of thiazole rings is 1. The molecule has 3 nitrogen and oxygen atoms in total. The maximum Gasteiger partial charge on any atom is 0.434 e. The van der Waals surface area contributed by atoms with Crippen LogP contribution in [-0.2, 0) is 6.18 Å². The molecule has 8 heteroatoms. The number of rotatable bonds is 2. The lowest BCUT2D eigenvalue weighted by atomic mass is 10.3. The largest absolute Gasteiger partial charge is 0.434 e. The fourth-order valence-corrected chi connectivity index (χ4v) is 3.45. The van der Waals surface area contributed by atoms with E-state index < -0.39 is 11.9 Å². The number of halogens is 3. The third-order valence-electron chi connectivity index (χ3n) is 2.83. The van der Waals surface area contributed by atoms with Crippen molar-refractivity contribution in [2.45, 2.75) is 20.0 Å². The molecule has 0 aromatic carbocycles. The minimum Gasteiger partial charge on any atom is -0.231 e. The van der Waals surface area contributed by atoms with Crippen LogP contribution in [0.5, 0.6) is 0 Å². The zero-order valence-electron chi connectivity index (χ0n) is 11.6. The van der Waals surface area contributed by atoms with E-state index in [-0.39, 0.29) is 10.8 Å². The van der Waals surface area contributed by atoms with Gasteiger partial charge in [-0.3, -0.25) is 0 Å². The molecule has 0 fully saturated rings. The smallest absolute Gasteiger partial charge is 0.231 e. The van der Waals surface area contributed by atoms with Gasteiger partial charge in [-0.2, -0.15) is 13.2 Å². The Bertz CT molecular complexity index is 821. The highest BCUT2D eigenvalue weighted by molar-refractivity contribution is 7.15. The Kier molecular flexibility index (Phi) is 3.73. The number of hydrogen-bond acceptors (Lipinski definition) is 5. The van der Waals surface area contributed by atoms with Gasteiger partial charge in [0.25, 0.3) is 0 Å². The molecule has 0 N–H and O–H groups in total. The van der Waals surface area contributed by atoms with E-state index in [0.29, 0.717) is 11.4 Å². The summed E-state index contributed by atoms with van der Waals surface area (Å²) < 4.78 is 37.9. The minimum absolute atomic E-state index is 0.172. The Hall–Kier alpha value is -1.80. The molecule has 3 aromatic heterocycles. The topological polar surface area (TPSA) is 38.7 Å². The number of aryl methyl sites for hydroxylation is 2. The first-order chi connectivity index (χ1) is 10.3. The van der Waals surface area contributed by atoms with E-state index in [4.69, 9.17) is 0 Å². The van der Waals surface area contributed by atoms with E-state index in [0.717, 1.165) is 26.5 Å². The van der Waals surface area contributed by atoms with Crippen molar-refractivity contribution in [3.05, 3.63) is 39.8 Å². The third-order valence-corrected chi connectivity index (χ3v) is 4.69. The lowest BCUT2D eigenvalue weighted by Crippen LogP contribution is -2.05. The molecule has 0 aliphatic heterocycles. The van der Waals surface area contributed by atoms with Gasteiger partial charge in [-0.15, -0.1) is 22.7 Å². The zero-order chi connectivity index (χ0) is 15.9. The molecule has 0 radical (unpaired) electrons. The number of nitrogens with zero attached hydrogens (tertiary/aromatic N) is 3. The maximum atomic E-state index is 12.6. The highest BCUT2D eigenvalue weighted by atomic mass is 32.1. The molecular weight excluding hydrogens is 331 g/mol. The van der Waals surface area contributed by atoms with Gasteiger partial charge in [0.15, 0.2) is 16.5 Å². The van der Waals surface area contributed by atoms with Crippen LogP contribution in [0, 0.1) is 13.8 Å². The predicted octanol–water partition coefficient (Wildman–Crippen LogP) is 4.96. The molecule has 3 rings (SSSR count). The molecule has 0 atom stereocenters. The van der Waals surface area contributed by atoms with Crippen molar-refractivity contribution in [2.24, 2.45) is 0 Å². The van der Waals surface area contributed by atoms with Crippen LogP contribution >= 0.6 is 22.7 Å². The van der Waals surface area contributed by atoms with E-state index in [1.165, 1.54) is 0 Å². The van der Waals surface area contributed by atoms with Gasteiger partial charge in [0.1, 0.15) is 0 Å². The summed E-state index contributed by atoms with van der Waals surface area (Å²) in [6, 6.07) is 5.73. The summed E-state index contributed by atoms with van der Waals surface area (Å²) in [6.07, 6.45) is -4.45. The summed E-state index contributed by atoms with van der Waals surface area (Å²) in [5, 5.41) is 1.15. The quantitative estimate of drug-likeness (QED) is 0.661. The van der Waals surface area contributed by atoms with Gasteiger partial charge in [0.2, 0.25) is 0 Å². The van der Waals surface area contributed by atoms with Crippen LogP contribution in [0.2, 0.25) is 0 Å². The van der Waals surface area contributed by atoms with Crippen LogP contribution in [0.15, 0.2) is 23.6 Å². The number of thiophene rings is 1. The average Bonchev–Trinajstić information content (AvgIpc) is 3.05. The Labute approximate surface area is 132 Å². The second-order valence-corrected chi connectivity index (χ2v) is 6.81. The summed E-state index contributed by atoms with van der Waals surface area (Å²) in [4.78, 5) is 14.3. The van der Waals surface area contributed by atoms with Crippen molar-refractivity contribution >= 4 is 22.7 Å². The van der Waals surface area contributed by atoms with Gasteiger partial charge in [-0.1, -0.05) is 0 Å². The van der Waals surface area contributed by atoms with Crippen molar-refractivity contribution in [2.75, 3.05) is 0 Å². The average molecular weight is 341 g/mol. The fraction of sp³-hybridized carbons (Fsp3) is 0.214. The first-order valence-electron chi connectivity index (χ1n) is 6.28. The molecule has 0 spiro atoms. The van der Waals surface area contributed by atoms with Crippen LogP contribution < -0.4 is 0 Å². The van der Waals surface area contributed by atoms with Crippen LogP contribution in [0.4, 0.5) is 13.2 Å². The van der Waals surface area contributed by atoms with E-state index in [2.05, 4.69) is 15.0 Å². The second kappa shape index (κ2) is 5.44. The minimum atomic E-state index is -4.45. The summed E-state index contributed by atoms with van der Waals surface area (Å²) in [5.74, 6) is 0.224. The molecule has 3 heterocycles. The Balaban J connectivity index is 2.04. The lowest BCUT2D eigenvalue weighted by molar-refractivity contribution is -0.140. The standard InChI is InChI=1S/C14H10F3N3S2/c1-7-5-9(10-4-3-8(2)22-10)19-12(18-7)13-20-11(6-21-13)14(15,16)17/h3-6H,1-2H3. The summed E-state index contributed by atoms with van der Waals surface area (Å²) in [6.45, 7) is 3.77. The van der Waals surface area contributed by atoms with Crippen molar-refractivity contribution in [3.63, 3.8) is 0 Å². The number of aromatic nitrogens is 3. The molecule has 0 amide bonds. The van der Waals surface area contributed by atoms with Crippen molar-refractivity contribution in [1.82, 2.24) is 15.0 Å². The number of alkyl halides is 3. The molecule has 114 valence electrons. The Morgan fingerprint density at radius 3 is 2.41 bits per heavy atom. The van der Waals surface area contributed by atoms with E-state index in [1.54, 1.807) is 18.3 Å². The van der Waals surface area contributed by atoms with Crippen molar-refractivity contribution < 1.29 is 13.2 Å². The van der Waals surface area contributed by atoms with Crippen molar-refractivity contribution in [1.29, 1.82) is 0 Å². The molecule has 0 bridgehead atoms. The highest BCUT2D eigenvalue weighted by Gasteiger charge is 2.34. The molecule has 0 aliphatic rings. The fourth-order valence-electron chi connectivity index (χ4n) is 1.87. The van der Waals surface area contributed by atoms with Gasteiger partial charge >= 0.3 is 6.18 Å². The summed E-state index contributed by atoms with van der Waals surface area (Å²) in [5.41, 5.74) is 0.477.